The third kappa shape index (κ3) is 3.95. The maximum atomic E-state index is 6.08. The Hall–Kier alpha value is -1.14. The van der Waals surface area contributed by atoms with Gasteiger partial charge >= 0.3 is 0 Å². The van der Waals surface area contributed by atoms with E-state index < -0.39 is 0 Å². The molecule has 2 fully saturated rings. The van der Waals surface area contributed by atoms with Gasteiger partial charge in [0.1, 0.15) is 0 Å². The van der Waals surface area contributed by atoms with Crippen molar-refractivity contribution < 1.29 is 0 Å². The van der Waals surface area contributed by atoms with Gasteiger partial charge in [0.25, 0.3) is 0 Å². The molecule has 0 aliphatic carbocycles. The molecule has 21 heavy (non-hydrogen) atoms. The maximum absolute atomic E-state index is 6.08. The Labute approximate surface area is 130 Å². The van der Waals surface area contributed by atoms with Crippen LogP contribution in [0.15, 0.2) is 0 Å². The van der Waals surface area contributed by atoms with Crippen molar-refractivity contribution in [1.82, 2.24) is 19.9 Å². The lowest BCUT2D eigenvalue weighted by Gasteiger charge is -2.30. The minimum Gasteiger partial charge on any atom is -0.350 e. The van der Waals surface area contributed by atoms with E-state index in [2.05, 4.69) is 37.1 Å². The lowest BCUT2D eigenvalue weighted by Crippen LogP contribution is -2.40. The first-order chi connectivity index (χ1) is 10.2. The highest BCUT2D eigenvalue weighted by Crippen LogP contribution is 2.20. The summed E-state index contributed by atoms with van der Waals surface area (Å²) in [6, 6.07) is 0.386. The summed E-state index contributed by atoms with van der Waals surface area (Å²) in [5, 5.41) is 3.69. The highest BCUT2D eigenvalue weighted by molar-refractivity contribution is 6.28. The van der Waals surface area contributed by atoms with Crippen molar-refractivity contribution >= 4 is 23.5 Å². The molecule has 7 heteroatoms. The van der Waals surface area contributed by atoms with Crippen molar-refractivity contribution in [3.8, 4) is 0 Å². The largest absolute Gasteiger partial charge is 0.350 e. The zero-order valence-corrected chi connectivity index (χ0v) is 13.3. The highest BCUT2D eigenvalue weighted by atomic mass is 35.5. The first-order valence-electron chi connectivity index (χ1n) is 7.82. The molecule has 6 nitrogen and oxygen atoms in total. The van der Waals surface area contributed by atoms with Crippen LogP contribution in [0.1, 0.15) is 32.1 Å². The molecule has 0 spiro atoms. The molecule has 0 bridgehead atoms. The minimum absolute atomic E-state index is 0.275. The Bertz CT molecular complexity index is 477. The molecule has 0 amide bonds. The minimum atomic E-state index is 0.275. The van der Waals surface area contributed by atoms with Gasteiger partial charge in [-0.25, -0.2) is 0 Å². The van der Waals surface area contributed by atoms with Gasteiger partial charge in [-0.2, -0.15) is 15.0 Å². The normalized spacial score (nSPS) is 24.1. The van der Waals surface area contributed by atoms with Crippen molar-refractivity contribution in [2.24, 2.45) is 0 Å². The van der Waals surface area contributed by atoms with Gasteiger partial charge in [-0.3, -0.25) is 0 Å². The summed E-state index contributed by atoms with van der Waals surface area (Å²) in [6.07, 6.45) is 6.02. The smallest absolute Gasteiger partial charge is 0.231 e. The monoisotopic (exact) mass is 310 g/mol. The molecule has 3 heterocycles. The fourth-order valence-electron chi connectivity index (χ4n) is 3.11. The quantitative estimate of drug-likeness (QED) is 0.922. The van der Waals surface area contributed by atoms with E-state index in [1.807, 2.05) is 0 Å². The summed E-state index contributed by atoms with van der Waals surface area (Å²) < 4.78 is 0. The molecular formula is C14H23ClN6. The predicted molar refractivity (Wildman–Crippen MR) is 85.0 cm³/mol. The second-order valence-electron chi connectivity index (χ2n) is 6.02. The summed E-state index contributed by atoms with van der Waals surface area (Å²) in [5.41, 5.74) is 0. The van der Waals surface area contributed by atoms with Gasteiger partial charge < -0.3 is 15.1 Å². The molecule has 0 radical (unpaired) electrons. The average molecular weight is 311 g/mol. The van der Waals surface area contributed by atoms with E-state index >= 15 is 0 Å². The Morgan fingerprint density at radius 2 is 1.86 bits per heavy atom. The number of aromatic nitrogens is 3. The Kier molecular flexibility index (Phi) is 4.75. The maximum Gasteiger partial charge on any atom is 0.231 e. The van der Waals surface area contributed by atoms with Crippen LogP contribution < -0.4 is 10.2 Å². The van der Waals surface area contributed by atoms with E-state index in [1.165, 1.54) is 25.7 Å². The van der Waals surface area contributed by atoms with Crippen molar-refractivity contribution in [2.45, 2.75) is 38.1 Å². The molecule has 1 aromatic heterocycles. The van der Waals surface area contributed by atoms with Crippen molar-refractivity contribution in [3.63, 3.8) is 0 Å². The van der Waals surface area contributed by atoms with Gasteiger partial charge in [0, 0.05) is 25.7 Å². The molecule has 2 saturated heterocycles. The molecule has 1 atom stereocenters. The number of anilines is 2. The van der Waals surface area contributed by atoms with Gasteiger partial charge in [-0.15, -0.1) is 0 Å². The lowest BCUT2D eigenvalue weighted by molar-refractivity contribution is 0.260. The first-order valence-corrected chi connectivity index (χ1v) is 8.20. The van der Waals surface area contributed by atoms with E-state index in [-0.39, 0.29) is 5.28 Å². The van der Waals surface area contributed by atoms with Crippen LogP contribution in [-0.2, 0) is 0 Å². The number of hydrogen-bond acceptors (Lipinski definition) is 6. The summed E-state index contributed by atoms with van der Waals surface area (Å²) in [7, 11) is 2.15. The van der Waals surface area contributed by atoms with Crippen LogP contribution in [-0.4, -0.2) is 59.1 Å². The summed E-state index contributed by atoms with van der Waals surface area (Å²) in [4.78, 5) is 17.6. The van der Waals surface area contributed by atoms with Crippen LogP contribution in [0.25, 0.3) is 0 Å². The zero-order valence-electron chi connectivity index (χ0n) is 12.6. The second kappa shape index (κ2) is 6.75. The number of piperidine rings is 2. The third-order valence-electron chi connectivity index (χ3n) is 4.19. The van der Waals surface area contributed by atoms with Gasteiger partial charge in [-0.1, -0.05) is 0 Å². The first kappa shape index (κ1) is 14.8. The highest BCUT2D eigenvalue weighted by Gasteiger charge is 2.20. The fraction of sp³-hybridized carbons (Fsp3) is 0.786. The van der Waals surface area contributed by atoms with Gasteiger partial charge in [-0.05, 0) is 57.3 Å². The van der Waals surface area contributed by atoms with Gasteiger partial charge in [0.2, 0.25) is 17.2 Å². The fourth-order valence-corrected chi connectivity index (χ4v) is 3.26. The lowest BCUT2D eigenvalue weighted by atomic mass is 10.1. The topological polar surface area (TPSA) is 57.2 Å². The molecule has 0 saturated carbocycles. The van der Waals surface area contributed by atoms with E-state index in [1.54, 1.807) is 0 Å². The van der Waals surface area contributed by atoms with Crippen molar-refractivity contribution in [2.75, 3.05) is 43.4 Å². The molecule has 1 N–H and O–H groups in total. The van der Waals surface area contributed by atoms with Crippen LogP contribution in [0, 0.1) is 0 Å². The summed E-state index contributed by atoms with van der Waals surface area (Å²) in [5.74, 6) is 1.32. The molecule has 2 aliphatic rings. The Balaban J connectivity index is 1.71. The predicted octanol–water partition coefficient (Wildman–Crippen LogP) is 2.02. The zero-order chi connectivity index (χ0) is 14.7. The standard InChI is InChI=1S/C14H23ClN6/c1-20-7-5-6-11(10-20)16-13-17-12(15)18-14(19-13)21-8-3-2-4-9-21/h11H,2-10H2,1H3,(H,16,17,18,19). The van der Waals surface area contributed by atoms with Crippen molar-refractivity contribution in [3.05, 3.63) is 5.28 Å². The molecule has 1 unspecified atom stereocenters. The second-order valence-corrected chi connectivity index (χ2v) is 6.36. The number of hydrogen-bond donors (Lipinski definition) is 1. The van der Waals surface area contributed by atoms with Crippen LogP contribution in [0.5, 0.6) is 0 Å². The van der Waals surface area contributed by atoms with E-state index in [4.69, 9.17) is 11.6 Å². The molecule has 2 aliphatic heterocycles. The van der Waals surface area contributed by atoms with Gasteiger partial charge in [0.05, 0.1) is 0 Å². The third-order valence-corrected chi connectivity index (χ3v) is 4.36. The van der Waals surface area contributed by atoms with Crippen LogP contribution in [0.2, 0.25) is 5.28 Å². The van der Waals surface area contributed by atoms with Crippen LogP contribution >= 0.6 is 11.6 Å². The molecular weight excluding hydrogens is 288 g/mol. The number of likely N-dealkylation sites (tertiary alicyclic amines) is 1. The number of halogens is 1. The molecule has 1 aromatic rings. The molecule has 0 aromatic carbocycles. The SMILES string of the molecule is CN1CCCC(Nc2nc(Cl)nc(N3CCCCC3)n2)C1. The van der Waals surface area contributed by atoms with Crippen molar-refractivity contribution in [1.29, 1.82) is 0 Å². The number of likely N-dealkylation sites (N-methyl/N-ethyl adjacent to an activating group) is 1. The van der Waals surface area contributed by atoms with E-state index in [0.717, 1.165) is 32.6 Å². The Morgan fingerprint density at radius 1 is 1.05 bits per heavy atom. The van der Waals surface area contributed by atoms with Crippen LogP contribution in [0.3, 0.4) is 0 Å². The summed E-state index contributed by atoms with van der Waals surface area (Å²) >= 11 is 6.08. The number of nitrogens with one attached hydrogen (secondary N) is 1. The van der Waals surface area contributed by atoms with E-state index in [9.17, 15) is 0 Å². The number of rotatable bonds is 3. The summed E-state index contributed by atoms with van der Waals surface area (Å²) in [6.45, 7) is 4.19. The van der Waals surface area contributed by atoms with Crippen LogP contribution in [0.4, 0.5) is 11.9 Å². The van der Waals surface area contributed by atoms with Gasteiger partial charge in [0.15, 0.2) is 0 Å². The number of nitrogens with zero attached hydrogens (tertiary/aromatic N) is 5. The molecule has 3 rings (SSSR count). The Morgan fingerprint density at radius 3 is 2.62 bits per heavy atom. The molecule has 116 valence electrons. The average Bonchev–Trinajstić information content (AvgIpc) is 2.47. The van der Waals surface area contributed by atoms with E-state index in [0.29, 0.717) is 17.9 Å².